The molecule has 0 amide bonds. The highest BCUT2D eigenvalue weighted by Crippen LogP contribution is 2.33. The quantitative estimate of drug-likeness (QED) is 0.606. The van der Waals surface area contributed by atoms with E-state index in [-0.39, 0.29) is 11.2 Å². The van der Waals surface area contributed by atoms with E-state index in [0.717, 1.165) is 43.8 Å². The van der Waals surface area contributed by atoms with Crippen molar-refractivity contribution in [3.8, 4) is 20.9 Å². The molecule has 1 aromatic carbocycles. The molecular formula is C21H19NO3S2. The van der Waals surface area contributed by atoms with Crippen LogP contribution in [0.5, 0.6) is 0 Å². The number of hydrogen-bond acceptors (Lipinski definition) is 6. The van der Waals surface area contributed by atoms with E-state index in [4.69, 9.17) is 4.74 Å². The highest BCUT2D eigenvalue weighted by atomic mass is 32.1. The minimum Gasteiger partial charge on any atom is -0.378 e. The summed E-state index contributed by atoms with van der Waals surface area (Å²) in [5.74, 6) is 0.0903. The molecule has 1 aliphatic rings. The van der Waals surface area contributed by atoms with Crippen molar-refractivity contribution in [2.75, 3.05) is 31.2 Å². The standard InChI is InChI=1S/C21H19NO3S2/c1-14(23)18-6-7-19(26-18)15-2-4-16(5-3-15)20-12-17(24)13-21(27-20)22-8-10-25-11-9-22/h2-7,12-13H,8-11H2,1H3. The highest BCUT2D eigenvalue weighted by Gasteiger charge is 2.14. The molecule has 0 unspecified atom stereocenters. The molecule has 4 nitrogen and oxygen atoms in total. The lowest BCUT2D eigenvalue weighted by Gasteiger charge is -2.28. The van der Waals surface area contributed by atoms with Crippen LogP contribution in [-0.2, 0) is 4.74 Å². The van der Waals surface area contributed by atoms with Crippen LogP contribution in [0.25, 0.3) is 20.9 Å². The van der Waals surface area contributed by atoms with Gasteiger partial charge in [-0.2, -0.15) is 0 Å². The molecule has 1 saturated heterocycles. The van der Waals surface area contributed by atoms with Crippen LogP contribution in [0.3, 0.4) is 0 Å². The Labute approximate surface area is 165 Å². The highest BCUT2D eigenvalue weighted by molar-refractivity contribution is 7.19. The lowest BCUT2D eigenvalue weighted by Crippen LogP contribution is -2.36. The molecule has 0 saturated carbocycles. The minimum absolute atomic E-state index is 0.0266. The second-order valence-electron chi connectivity index (χ2n) is 6.39. The van der Waals surface area contributed by atoms with Crippen molar-refractivity contribution >= 4 is 33.5 Å². The number of ether oxygens (including phenoxy) is 1. The van der Waals surface area contributed by atoms with Gasteiger partial charge in [-0.1, -0.05) is 24.3 Å². The van der Waals surface area contributed by atoms with E-state index in [9.17, 15) is 9.59 Å². The normalized spacial score (nSPS) is 14.3. The van der Waals surface area contributed by atoms with Crippen LogP contribution < -0.4 is 10.3 Å². The number of Topliss-reactive ketones (excluding diaryl/α,β-unsaturated/α-hetero) is 1. The van der Waals surface area contributed by atoms with E-state index in [2.05, 4.69) is 4.90 Å². The lowest BCUT2D eigenvalue weighted by molar-refractivity contribution is 0.102. The molecule has 0 aliphatic carbocycles. The van der Waals surface area contributed by atoms with Crippen LogP contribution in [0, 0.1) is 0 Å². The monoisotopic (exact) mass is 397 g/mol. The number of rotatable bonds is 4. The minimum atomic E-state index is 0.0266. The number of carbonyl (C=O) groups excluding carboxylic acids is 1. The average molecular weight is 398 g/mol. The molecule has 0 bridgehead atoms. The number of ketones is 1. The Hall–Kier alpha value is -2.28. The number of benzene rings is 1. The third kappa shape index (κ3) is 4.03. The zero-order chi connectivity index (χ0) is 18.8. The SMILES string of the molecule is CC(=O)c1ccc(-c2ccc(-c3cc(=O)cc(N4CCOCC4)s3)cc2)s1. The number of anilines is 1. The van der Waals surface area contributed by atoms with Gasteiger partial charge < -0.3 is 9.64 Å². The Balaban J connectivity index is 1.62. The van der Waals surface area contributed by atoms with Gasteiger partial charge >= 0.3 is 0 Å². The smallest absolute Gasteiger partial charge is 0.182 e. The van der Waals surface area contributed by atoms with E-state index >= 15 is 0 Å². The van der Waals surface area contributed by atoms with Crippen molar-refractivity contribution in [2.45, 2.75) is 6.92 Å². The van der Waals surface area contributed by atoms with Gasteiger partial charge in [-0.3, -0.25) is 9.59 Å². The summed E-state index contributed by atoms with van der Waals surface area (Å²) in [4.78, 5) is 28.7. The molecule has 0 radical (unpaired) electrons. The summed E-state index contributed by atoms with van der Waals surface area (Å²) in [5, 5.41) is 0.995. The number of carbonyl (C=O) groups is 1. The third-order valence-corrected chi connectivity index (χ3v) is 6.88. The van der Waals surface area contributed by atoms with Crippen molar-refractivity contribution < 1.29 is 9.53 Å². The summed E-state index contributed by atoms with van der Waals surface area (Å²) >= 11 is 3.14. The van der Waals surface area contributed by atoms with Crippen molar-refractivity contribution in [1.29, 1.82) is 0 Å². The average Bonchev–Trinajstić information content (AvgIpc) is 3.19. The van der Waals surface area contributed by atoms with Crippen molar-refractivity contribution in [2.24, 2.45) is 0 Å². The Morgan fingerprint density at radius 1 is 0.926 bits per heavy atom. The summed E-state index contributed by atoms with van der Waals surface area (Å²) in [7, 11) is 0. The van der Waals surface area contributed by atoms with Gasteiger partial charge in [-0.05, 0) is 30.2 Å². The molecule has 3 heterocycles. The molecule has 0 atom stereocenters. The maximum absolute atomic E-state index is 12.2. The first kappa shape index (κ1) is 18.1. The Morgan fingerprint density at radius 3 is 2.22 bits per heavy atom. The fourth-order valence-electron chi connectivity index (χ4n) is 3.03. The zero-order valence-corrected chi connectivity index (χ0v) is 16.6. The first-order chi connectivity index (χ1) is 13.1. The Morgan fingerprint density at radius 2 is 1.59 bits per heavy atom. The molecule has 2 aromatic heterocycles. The van der Waals surface area contributed by atoms with Crippen LogP contribution in [0.15, 0.2) is 53.3 Å². The molecule has 27 heavy (non-hydrogen) atoms. The summed E-state index contributed by atoms with van der Waals surface area (Å²) in [5.41, 5.74) is 2.13. The molecular weight excluding hydrogens is 378 g/mol. The fraction of sp³-hybridized carbons (Fsp3) is 0.238. The predicted molar refractivity (Wildman–Crippen MR) is 112 cm³/mol. The summed E-state index contributed by atoms with van der Waals surface area (Å²) in [6.45, 7) is 4.61. The fourth-order valence-corrected chi connectivity index (χ4v) is 5.07. The second-order valence-corrected chi connectivity index (χ2v) is 8.54. The van der Waals surface area contributed by atoms with Gasteiger partial charge in [0.15, 0.2) is 11.2 Å². The number of morpholine rings is 1. The third-order valence-electron chi connectivity index (χ3n) is 4.48. The molecule has 6 heteroatoms. The topological polar surface area (TPSA) is 46.6 Å². The first-order valence-corrected chi connectivity index (χ1v) is 10.4. The van der Waals surface area contributed by atoms with Gasteiger partial charge in [0, 0.05) is 35.0 Å². The summed E-state index contributed by atoms with van der Waals surface area (Å²) in [6.07, 6.45) is 0. The Bertz CT molecular complexity index is 1010. The second kappa shape index (κ2) is 7.76. The van der Waals surface area contributed by atoms with Crippen molar-refractivity contribution in [1.82, 2.24) is 0 Å². The summed E-state index contributed by atoms with van der Waals surface area (Å²) in [6, 6.07) is 15.4. The molecule has 0 spiro atoms. The van der Waals surface area contributed by atoms with Crippen LogP contribution in [0.1, 0.15) is 16.6 Å². The van der Waals surface area contributed by atoms with Gasteiger partial charge in [-0.25, -0.2) is 0 Å². The maximum atomic E-state index is 12.2. The van der Waals surface area contributed by atoms with E-state index in [1.54, 1.807) is 30.4 Å². The number of nitrogens with zero attached hydrogens (tertiary/aromatic N) is 1. The number of hydrogen-bond donors (Lipinski definition) is 0. The lowest BCUT2D eigenvalue weighted by atomic mass is 10.1. The van der Waals surface area contributed by atoms with Crippen molar-refractivity contribution in [3.05, 3.63) is 63.6 Å². The van der Waals surface area contributed by atoms with Crippen LogP contribution >= 0.6 is 22.7 Å². The first-order valence-electron chi connectivity index (χ1n) is 8.79. The van der Waals surface area contributed by atoms with E-state index in [1.165, 1.54) is 11.3 Å². The zero-order valence-electron chi connectivity index (χ0n) is 14.9. The van der Waals surface area contributed by atoms with E-state index in [0.29, 0.717) is 13.2 Å². The Kier molecular flexibility index (Phi) is 5.20. The summed E-state index contributed by atoms with van der Waals surface area (Å²) < 4.78 is 5.40. The van der Waals surface area contributed by atoms with Gasteiger partial charge in [0.25, 0.3) is 0 Å². The molecule has 0 N–H and O–H groups in total. The van der Waals surface area contributed by atoms with Gasteiger partial charge in [0.1, 0.15) is 0 Å². The number of thiophene rings is 1. The van der Waals surface area contributed by atoms with Crippen LogP contribution in [0.2, 0.25) is 0 Å². The van der Waals surface area contributed by atoms with Crippen LogP contribution in [-0.4, -0.2) is 32.1 Å². The molecule has 4 rings (SSSR count). The molecule has 1 fully saturated rings. The van der Waals surface area contributed by atoms with Gasteiger partial charge in [-0.15, -0.1) is 22.7 Å². The van der Waals surface area contributed by atoms with Crippen LogP contribution in [0.4, 0.5) is 5.00 Å². The predicted octanol–water partition coefficient (Wildman–Crippen LogP) is 4.54. The maximum Gasteiger partial charge on any atom is 0.182 e. The van der Waals surface area contributed by atoms with Gasteiger partial charge in [0.2, 0.25) is 0 Å². The van der Waals surface area contributed by atoms with E-state index in [1.807, 2.05) is 36.4 Å². The van der Waals surface area contributed by atoms with Gasteiger partial charge in [0.05, 0.1) is 23.1 Å². The van der Waals surface area contributed by atoms with E-state index < -0.39 is 0 Å². The van der Waals surface area contributed by atoms with Crippen molar-refractivity contribution in [3.63, 3.8) is 0 Å². The molecule has 3 aromatic rings. The molecule has 1 aliphatic heterocycles. The largest absolute Gasteiger partial charge is 0.378 e. The molecule has 138 valence electrons.